The lowest BCUT2D eigenvalue weighted by molar-refractivity contribution is -0.113. The van der Waals surface area contributed by atoms with Crippen LogP contribution in [0.3, 0.4) is 0 Å². The van der Waals surface area contributed by atoms with Crippen LogP contribution in [0.4, 0.5) is 5.69 Å². The minimum Gasteiger partial charge on any atom is -0.488 e. The third-order valence-electron chi connectivity index (χ3n) is 4.82. The number of halogens is 1. The molecule has 0 saturated carbocycles. The maximum atomic E-state index is 13.1. The summed E-state index contributed by atoms with van der Waals surface area (Å²) in [4.78, 5) is 26.8. The molecule has 1 saturated heterocycles. The standard InChI is InChI=1S/C25H18ClNO3S2/c1-16(28)18-6-4-7-21(13-18)27-24(29)23(32-25(27)31)14-19-5-2-3-8-22(19)30-15-17-9-11-20(26)12-10-17/h2-14H,15H2,1H3/b23-14-. The van der Waals surface area contributed by atoms with Crippen LogP contribution in [0.25, 0.3) is 6.08 Å². The van der Waals surface area contributed by atoms with Crippen molar-refractivity contribution in [3.05, 3.63) is 99.4 Å². The van der Waals surface area contributed by atoms with Crippen LogP contribution in [0.5, 0.6) is 5.75 Å². The van der Waals surface area contributed by atoms with E-state index in [2.05, 4.69) is 0 Å². The Morgan fingerprint density at radius 2 is 1.84 bits per heavy atom. The number of hydrogen-bond acceptors (Lipinski definition) is 5. The molecule has 1 fully saturated rings. The highest BCUT2D eigenvalue weighted by molar-refractivity contribution is 8.27. The molecule has 0 unspecified atom stereocenters. The van der Waals surface area contributed by atoms with E-state index in [0.717, 1.165) is 11.1 Å². The number of ketones is 1. The van der Waals surface area contributed by atoms with Crippen molar-refractivity contribution in [2.24, 2.45) is 0 Å². The number of amides is 1. The van der Waals surface area contributed by atoms with E-state index in [1.54, 1.807) is 30.3 Å². The molecule has 160 valence electrons. The molecule has 1 aliphatic heterocycles. The smallest absolute Gasteiger partial charge is 0.270 e. The van der Waals surface area contributed by atoms with Crippen LogP contribution < -0.4 is 9.64 Å². The molecular weight excluding hydrogens is 462 g/mol. The number of ether oxygens (including phenoxy) is 1. The van der Waals surface area contributed by atoms with Gasteiger partial charge in [-0.25, -0.2) is 0 Å². The fourth-order valence-corrected chi connectivity index (χ4v) is 4.58. The summed E-state index contributed by atoms with van der Waals surface area (Å²) >= 11 is 12.6. The minimum atomic E-state index is -0.229. The summed E-state index contributed by atoms with van der Waals surface area (Å²) in [5, 5.41) is 0.671. The fourth-order valence-electron chi connectivity index (χ4n) is 3.17. The van der Waals surface area contributed by atoms with E-state index in [9.17, 15) is 9.59 Å². The third-order valence-corrected chi connectivity index (χ3v) is 6.37. The first kappa shape index (κ1) is 22.3. The van der Waals surface area contributed by atoms with E-state index in [-0.39, 0.29) is 11.7 Å². The zero-order chi connectivity index (χ0) is 22.7. The van der Waals surface area contributed by atoms with Crippen LogP contribution in [0, 0.1) is 0 Å². The van der Waals surface area contributed by atoms with Gasteiger partial charge in [0.1, 0.15) is 12.4 Å². The molecule has 4 nitrogen and oxygen atoms in total. The van der Waals surface area contributed by atoms with E-state index >= 15 is 0 Å². The number of benzene rings is 3. The minimum absolute atomic E-state index is 0.0698. The lowest BCUT2D eigenvalue weighted by Crippen LogP contribution is -2.27. The highest BCUT2D eigenvalue weighted by Crippen LogP contribution is 2.37. The molecule has 0 aliphatic carbocycles. The van der Waals surface area contributed by atoms with Crippen molar-refractivity contribution in [2.45, 2.75) is 13.5 Å². The zero-order valence-corrected chi connectivity index (χ0v) is 19.5. The molecule has 7 heteroatoms. The SMILES string of the molecule is CC(=O)c1cccc(N2C(=O)/C(=C/c3ccccc3OCc3ccc(Cl)cc3)SC2=S)c1. The molecule has 0 aromatic heterocycles. The molecular formula is C25H18ClNO3S2. The van der Waals surface area contributed by atoms with Crippen LogP contribution in [-0.4, -0.2) is 16.0 Å². The second-order valence-corrected chi connectivity index (χ2v) is 9.19. The van der Waals surface area contributed by atoms with E-state index in [1.807, 2.05) is 48.5 Å². The van der Waals surface area contributed by atoms with Gasteiger partial charge in [0.15, 0.2) is 10.1 Å². The third kappa shape index (κ3) is 4.93. The Labute approximate surface area is 200 Å². The first-order valence-electron chi connectivity index (χ1n) is 9.77. The van der Waals surface area contributed by atoms with Gasteiger partial charge in [-0.3, -0.25) is 14.5 Å². The highest BCUT2D eigenvalue weighted by atomic mass is 35.5. The molecule has 0 bridgehead atoms. The summed E-state index contributed by atoms with van der Waals surface area (Å²) in [7, 11) is 0. The molecule has 1 amide bonds. The number of thioether (sulfide) groups is 1. The number of thiocarbonyl (C=S) groups is 1. The number of para-hydroxylation sites is 1. The number of anilines is 1. The number of hydrogen-bond donors (Lipinski definition) is 0. The maximum Gasteiger partial charge on any atom is 0.270 e. The molecule has 0 N–H and O–H groups in total. The van der Waals surface area contributed by atoms with E-state index in [0.29, 0.717) is 37.9 Å². The summed E-state index contributed by atoms with van der Waals surface area (Å²) < 4.78 is 6.41. The molecule has 0 radical (unpaired) electrons. The Balaban J connectivity index is 1.57. The van der Waals surface area contributed by atoms with E-state index in [4.69, 9.17) is 28.6 Å². The van der Waals surface area contributed by atoms with Crippen molar-refractivity contribution in [1.29, 1.82) is 0 Å². The van der Waals surface area contributed by atoms with Crippen LogP contribution in [-0.2, 0) is 11.4 Å². The number of Topliss-reactive ketones (excluding diaryl/α,β-unsaturated/α-hetero) is 1. The Morgan fingerprint density at radius 3 is 2.59 bits per heavy atom. The summed E-state index contributed by atoms with van der Waals surface area (Å²) in [5.41, 5.74) is 2.87. The van der Waals surface area contributed by atoms with Crippen molar-refractivity contribution >= 4 is 63.4 Å². The van der Waals surface area contributed by atoms with E-state index < -0.39 is 0 Å². The molecule has 4 rings (SSSR count). The van der Waals surface area contributed by atoms with Gasteiger partial charge in [0.05, 0.1) is 10.6 Å². The molecule has 1 heterocycles. The Bertz CT molecular complexity index is 1240. The van der Waals surface area contributed by atoms with Gasteiger partial charge in [-0.1, -0.05) is 78.0 Å². The molecule has 3 aromatic rings. The average molecular weight is 480 g/mol. The van der Waals surface area contributed by atoms with Gasteiger partial charge in [-0.15, -0.1) is 0 Å². The van der Waals surface area contributed by atoms with E-state index in [1.165, 1.54) is 23.6 Å². The van der Waals surface area contributed by atoms with Crippen molar-refractivity contribution in [3.8, 4) is 5.75 Å². The Hall–Kier alpha value is -2.93. The summed E-state index contributed by atoms with van der Waals surface area (Å²) in [6, 6.07) is 21.9. The van der Waals surface area contributed by atoms with Crippen LogP contribution in [0.15, 0.2) is 77.7 Å². The monoisotopic (exact) mass is 479 g/mol. The lowest BCUT2D eigenvalue weighted by Gasteiger charge is -2.15. The summed E-state index contributed by atoms with van der Waals surface area (Å²) in [5.74, 6) is 0.360. The predicted octanol–water partition coefficient (Wildman–Crippen LogP) is 6.53. The quantitative estimate of drug-likeness (QED) is 0.228. The second-order valence-electron chi connectivity index (χ2n) is 7.08. The largest absolute Gasteiger partial charge is 0.488 e. The Morgan fingerprint density at radius 1 is 1.09 bits per heavy atom. The van der Waals surface area contributed by atoms with Gasteiger partial charge >= 0.3 is 0 Å². The van der Waals surface area contributed by atoms with Gasteiger partial charge in [-0.2, -0.15) is 0 Å². The van der Waals surface area contributed by atoms with Crippen molar-refractivity contribution in [2.75, 3.05) is 4.90 Å². The highest BCUT2D eigenvalue weighted by Gasteiger charge is 2.33. The molecule has 1 aliphatic rings. The summed E-state index contributed by atoms with van der Waals surface area (Å²) in [6.45, 7) is 1.87. The van der Waals surface area contributed by atoms with Gasteiger partial charge in [0.25, 0.3) is 5.91 Å². The first-order valence-corrected chi connectivity index (χ1v) is 11.4. The molecule has 0 spiro atoms. The van der Waals surface area contributed by atoms with Gasteiger partial charge < -0.3 is 4.74 Å². The Kier molecular flexibility index (Phi) is 6.74. The fraction of sp³-hybridized carbons (Fsp3) is 0.0800. The molecule has 3 aromatic carbocycles. The summed E-state index contributed by atoms with van der Waals surface area (Å²) in [6.07, 6.45) is 1.78. The lowest BCUT2D eigenvalue weighted by atomic mass is 10.1. The van der Waals surface area contributed by atoms with Gasteiger partial charge in [-0.05, 0) is 48.9 Å². The van der Waals surface area contributed by atoms with Crippen LogP contribution in [0.1, 0.15) is 28.4 Å². The number of carbonyl (C=O) groups is 2. The predicted molar refractivity (Wildman–Crippen MR) is 134 cm³/mol. The van der Waals surface area contributed by atoms with Crippen LogP contribution in [0.2, 0.25) is 5.02 Å². The van der Waals surface area contributed by atoms with Gasteiger partial charge in [0.2, 0.25) is 0 Å². The van der Waals surface area contributed by atoms with Crippen molar-refractivity contribution < 1.29 is 14.3 Å². The zero-order valence-electron chi connectivity index (χ0n) is 17.1. The number of carbonyl (C=O) groups excluding carboxylic acids is 2. The number of rotatable bonds is 6. The van der Waals surface area contributed by atoms with Gasteiger partial charge in [0, 0.05) is 16.1 Å². The average Bonchev–Trinajstić information content (AvgIpc) is 3.07. The molecule has 32 heavy (non-hydrogen) atoms. The second kappa shape index (κ2) is 9.69. The van der Waals surface area contributed by atoms with Crippen molar-refractivity contribution in [3.63, 3.8) is 0 Å². The topological polar surface area (TPSA) is 46.6 Å². The first-order chi connectivity index (χ1) is 15.4. The normalized spacial score (nSPS) is 14.8. The molecule has 0 atom stereocenters. The number of nitrogens with zero attached hydrogens (tertiary/aromatic N) is 1. The van der Waals surface area contributed by atoms with Crippen molar-refractivity contribution in [1.82, 2.24) is 0 Å². The van der Waals surface area contributed by atoms with Crippen LogP contribution >= 0.6 is 35.6 Å². The maximum absolute atomic E-state index is 13.1.